The number of carbonyl (C=O) groups is 2. The first-order valence-corrected chi connectivity index (χ1v) is 14.6. The van der Waals surface area contributed by atoms with Crippen molar-refractivity contribution in [2.45, 2.75) is 104 Å². The molecule has 234 valence electrons. The fourth-order valence-electron chi connectivity index (χ4n) is 5.55. The summed E-state index contributed by atoms with van der Waals surface area (Å²) in [5.74, 6) is -1.90. The zero-order valence-electron chi connectivity index (χ0n) is 25.7. The Labute approximate surface area is 245 Å². The molecule has 1 aliphatic rings. The molecule has 6 N–H and O–H groups in total. The third kappa shape index (κ3) is 12.1. The van der Waals surface area contributed by atoms with E-state index in [0.717, 1.165) is 5.57 Å². The molecule has 0 bridgehead atoms. The molecule has 0 aliphatic carbocycles. The largest absolute Gasteiger partial charge is 0.462 e. The maximum absolute atomic E-state index is 11.6. The molecule has 0 spiro atoms. The molecule has 1 heterocycles. The zero-order chi connectivity index (χ0) is 31.4. The molecule has 9 nitrogen and oxygen atoms in total. The van der Waals surface area contributed by atoms with Gasteiger partial charge >= 0.3 is 12.1 Å². The van der Waals surface area contributed by atoms with Gasteiger partial charge in [-0.25, -0.2) is 4.79 Å². The van der Waals surface area contributed by atoms with Crippen molar-refractivity contribution >= 4 is 12.1 Å². The zero-order valence-corrected chi connectivity index (χ0v) is 25.7. The number of esters is 1. The lowest BCUT2D eigenvalue weighted by molar-refractivity contribution is -0.169. The van der Waals surface area contributed by atoms with Crippen LogP contribution in [-0.2, 0) is 14.3 Å². The molecule has 0 aromatic heterocycles. The summed E-state index contributed by atoms with van der Waals surface area (Å²) in [7, 11) is 0. The summed E-state index contributed by atoms with van der Waals surface area (Å²) in [5.41, 5.74) is 6.30. The van der Waals surface area contributed by atoms with Crippen molar-refractivity contribution in [1.29, 1.82) is 0 Å². The maximum Gasteiger partial charge on any atom is 0.404 e. The highest BCUT2D eigenvalue weighted by Gasteiger charge is 2.36. The molecule has 0 aromatic carbocycles. The average Bonchev–Trinajstić information content (AvgIpc) is 2.89. The summed E-state index contributed by atoms with van der Waals surface area (Å²) in [4.78, 5) is 23.1. The van der Waals surface area contributed by atoms with Crippen molar-refractivity contribution in [3.63, 3.8) is 0 Å². The number of allylic oxidation sites excluding steroid dienone is 3. The lowest BCUT2D eigenvalue weighted by Gasteiger charge is -2.33. The van der Waals surface area contributed by atoms with Gasteiger partial charge in [0.05, 0.1) is 30.8 Å². The Balaban J connectivity index is 2.75. The van der Waals surface area contributed by atoms with Crippen molar-refractivity contribution in [2.24, 2.45) is 41.2 Å². The van der Waals surface area contributed by atoms with E-state index >= 15 is 0 Å². The highest BCUT2D eigenvalue weighted by Crippen LogP contribution is 2.29. The number of aliphatic hydroxyl groups is 4. The van der Waals surface area contributed by atoms with Crippen molar-refractivity contribution in [2.75, 3.05) is 0 Å². The van der Waals surface area contributed by atoms with Gasteiger partial charge in [-0.15, -0.1) is 0 Å². The summed E-state index contributed by atoms with van der Waals surface area (Å²) < 4.78 is 10.6. The van der Waals surface area contributed by atoms with Gasteiger partial charge in [0.2, 0.25) is 0 Å². The lowest BCUT2D eigenvalue weighted by Crippen LogP contribution is -2.42. The fraction of sp³-hybridized carbons (Fsp3) is 0.688. The highest BCUT2D eigenvalue weighted by atomic mass is 16.6. The molecule has 1 rings (SSSR count). The molecule has 0 saturated carbocycles. The number of ether oxygens (including phenoxy) is 2. The molecule has 1 aliphatic heterocycles. The third-order valence-electron chi connectivity index (χ3n) is 8.19. The van der Waals surface area contributed by atoms with Gasteiger partial charge < -0.3 is 35.6 Å². The minimum atomic E-state index is -0.888. The predicted octanol–water partition coefficient (Wildman–Crippen LogP) is 4.05. The topological polar surface area (TPSA) is 160 Å². The molecule has 9 heteroatoms. The van der Waals surface area contributed by atoms with Crippen LogP contribution in [0.1, 0.15) is 67.7 Å². The molecule has 8 unspecified atom stereocenters. The Kier molecular flexibility index (Phi) is 15.6. The van der Waals surface area contributed by atoms with Crippen LogP contribution in [0.15, 0.2) is 48.6 Å². The second kappa shape index (κ2) is 17.5. The molecular weight excluding hydrogens is 526 g/mol. The minimum absolute atomic E-state index is 0.0362. The molecule has 1 fully saturated rings. The number of hydrogen-bond donors (Lipinski definition) is 5. The molecule has 1 saturated heterocycles. The van der Waals surface area contributed by atoms with Gasteiger partial charge in [0.25, 0.3) is 0 Å². The number of primary amides is 1. The van der Waals surface area contributed by atoms with Crippen LogP contribution in [0, 0.1) is 35.5 Å². The van der Waals surface area contributed by atoms with E-state index in [1.807, 2.05) is 53.7 Å². The van der Waals surface area contributed by atoms with Crippen LogP contribution in [0.5, 0.6) is 0 Å². The van der Waals surface area contributed by atoms with Gasteiger partial charge in [0.15, 0.2) is 0 Å². The van der Waals surface area contributed by atoms with E-state index in [0.29, 0.717) is 6.42 Å². The normalized spacial score (nSPS) is 26.9. The van der Waals surface area contributed by atoms with Gasteiger partial charge in [-0.1, -0.05) is 90.2 Å². The molecule has 0 radical (unpaired) electrons. The van der Waals surface area contributed by atoms with E-state index in [9.17, 15) is 30.0 Å². The number of carbonyl (C=O) groups excluding carboxylic acids is 2. The molecule has 1 amide bonds. The second-order valence-corrected chi connectivity index (χ2v) is 12.0. The number of aliphatic hydroxyl groups excluding tert-OH is 4. The standard InChI is InChI=1S/C32H53NO8/c1-9-10-11-20(4)31(41-32(33)39)24(8)30(38)22(6)15-18(2)14-21(5)29(37)19(3)12-13-25(34)16-27-23(7)26(35)17-28(36)40-27/h9-14,19-27,29-31,34-35,37-38H,1,15-17H2,2-8H3,(H2,33,39)/b11-10-,13-12-,18-14-/t19-,20?,21-,22?,23?,24?,25?,26?,27-,29-,30?,31?/m0/s1. The van der Waals surface area contributed by atoms with E-state index in [-0.39, 0.29) is 48.3 Å². The number of hydrogen-bond acceptors (Lipinski definition) is 8. The van der Waals surface area contributed by atoms with Gasteiger partial charge in [0.1, 0.15) is 12.2 Å². The molecule has 0 aromatic rings. The van der Waals surface area contributed by atoms with Gasteiger partial charge in [-0.05, 0) is 19.3 Å². The van der Waals surface area contributed by atoms with E-state index in [1.165, 1.54) is 0 Å². The van der Waals surface area contributed by atoms with Crippen molar-refractivity contribution < 1.29 is 39.5 Å². The van der Waals surface area contributed by atoms with E-state index in [2.05, 4.69) is 6.58 Å². The summed E-state index contributed by atoms with van der Waals surface area (Å²) in [5, 5.41) is 42.4. The Morgan fingerprint density at radius 2 is 1.71 bits per heavy atom. The number of amides is 1. The quantitative estimate of drug-likeness (QED) is 0.104. The Hall–Kier alpha value is -2.46. The Morgan fingerprint density at radius 3 is 2.29 bits per heavy atom. The van der Waals surface area contributed by atoms with E-state index < -0.39 is 48.7 Å². The van der Waals surface area contributed by atoms with Crippen LogP contribution in [-0.4, -0.2) is 69.1 Å². The fourth-order valence-corrected chi connectivity index (χ4v) is 5.55. The average molecular weight is 580 g/mol. The van der Waals surface area contributed by atoms with Crippen molar-refractivity contribution in [3.8, 4) is 0 Å². The van der Waals surface area contributed by atoms with Crippen LogP contribution in [0.3, 0.4) is 0 Å². The third-order valence-corrected chi connectivity index (χ3v) is 8.19. The first-order valence-electron chi connectivity index (χ1n) is 14.6. The maximum atomic E-state index is 11.6. The van der Waals surface area contributed by atoms with Gasteiger partial charge in [-0.3, -0.25) is 4.79 Å². The molecular formula is C32H53NO8. The van der Waals surface area contributed by atoms with Crippen molar-refractivity contribution in [1.82, 2.24) is 0 Å². The summed E-state index contributed by atoms with van der Waals surface area (Å²) in [6.45, 7) is 16.8. The Bertz CT molecular complexity index is 931. The van der Waals surface area contributed by atoms with E-state index in [4.69, 9.17) is 15.2 Å². The lowest BCUT2D eigenvalue weighted by atomic mass is 9.81. The monoisotopic (exact) mass is 579 g/mol. The summed E-state index contributed by atoms with van der Waals surface area (Å²) >= 11 is 0. The first kappa shape index (κ1) is 36.6. The van der Waals surface area contributed by atoms with Crippen LogP contribution >= 0.6 is 0 Å². The van der Waals surface area contributed by atoms with Gasteiger partial charge in [0, 0.05) is 36.0 Å². The van der Waals surface area contributed by atoms with E-state index in [1.54, 1.807) is 31.2 Å². The van der Waals surface area contributed by atoms with Crippen molar-refractivity contribution in [3.05, 3.63) is 48.6 Å². The van der Waals surface area contributed by atoms with Crippen LogP contribution in [0.4, 0.5) is 4.79 Å². The first-order chi connectivity index (χ1) is 19.1. The second-order valence-electron chi connectivity index (χ2n) is 12.0. The number of nitrogens with two attached hydrogens (primary N) is 1. The molecule has 41 heavy (non-hydrogen) atoms. The van der Waals surface area contributed by atoms with Crippen LogP contribution in [0.2, 0.25) is 0 Å². The SMILES string of the molecule is C=C/C=C\C(C)C(OC(N)=O)C(C)C(O)C(C)C/C(C)=C\[C@H](C)[C@@H](O)[C@@H](C)/C=C\C(O)C[C@@H]1OC(=O)CC(O)C1C. The van der Waals surface area contributed by atoms with Crippen LogP contribution in [0.25, 0.3) is 0 Å². The summed E-state index contributed by atoms with van der Waals surface area (Å²) in [6.07, 6.45) is 6.07. The molecule has 12 atom stereocenters. The smallest absolute Gasteiger partial charge is 0.404 e. The highest BCUT2D eigenvalue weighted by molar-refractivity contribution is 5.71. The van der Waals surface area contributed by atoms with Gasteiger partial charge in [-0.2, -0.15) is 0 Å². The Morgan fingerprint density at radius 1 is 1.07 bits per heavy atom. The predicted molar refractivity (Wildman–Crippen MR) is 159 cm³/mol. The minimum Gasteiger partial charge on any atom is -0.462 e. The number of rotatable bonds is 16. The number of cyclic esters (lactones) is 1. The van der Waals surface area contributed by atoms with Crippen LogP contribution < -0.4 is 5.73 Å². The summed E-state index contributed by atoms with van der Waals surface area (Å²) in [6, 6.07) is 0.